The highest BCUT2D eigenvalue weighted by atomic mass is 32.7. The summed E-state index contributed by atoms with van der Waals surface area (Å²) < 4.78 is 80.2. The number of alkyl halides is 1. The quantitative estimate of drug-likeness (QED) is 0.126. The summed E-state index contributed by atoms with van der Waals surface area (Å²) in [5.41, 5.74) is 5.95. The monoisotopic (exact) mass is 1010 g/mol. The summed E-state index contributed by atoms with van der Waals surface area (Å²) in [6.45, 7) is -5.30. The Morgan fingerprint density at radius 3 is 2.19 bits per heavy atom. The smallest absolute Gasteiger partial charge is 0.410 e. The summed E-state index contributed by atoms with van der Waals surface area (Å²) >= 11 is 9.63. The zero-order valence-corrected chi connectivity index (χ0v) is 39.7. The number of thiol groups is 1. The number of imidazole rings is 2. The number of nitrogens with two attached hydrogens (primary N) is 1. The number of nitrogens with one attached hydrogen (secondary N) is 1. The van der Waals surface area contributed by atoms with E-state index in [1.165, 1.54) is 40.8 Å². The molecular weight excluding hydrogens is 966 g/mol. The zero-order valence-electron chi connectivity index (χ0n) is 36.2. The molecule has 5 aromatic rings. The molecule has 0 aliphatic carbocycles. The van der Waals surface area contributed by atoms with Crippen molar-refractivity contribution >= 4 is 89.6 Å². The number of nitrogen functional groups attached to an aromatic ring is 1. The van der Waals surface area contributed by atoms with Crippen LogP contribution in [0.5, 0.6) is 0 Å². The molecule has 1 aromatic carbocycles. The van der Waals surface area contributed by atoms with E-state index >= 15 is 4.39 Å². The molecule has 3 fully saturated rings. The van der Waals surface area contributed by atoms with Gasteiger partial charge in [0.25, 0.3) is 5.91 Å². The first-order valence-corrected chi connectivity index (χ1v) is 25.6. The molecule has 30 heteroatoms. The van der Waals surface area contributed by atoms with Crippen LogP contribution < -0.4 is 11.1 Å². The minimum atomic E-state index is -4.56. The van der Waals surface area contributed by atoms with Gasteiger partial charge in [0.1, 0.15) is 48.2 Å². The molecule has 4 N–H and O–H groups in total. The number of likely N-dealkylation sites (N-methyl/N-ethyl adjacent to an activating group) is 2. The number of halogens is 1. The van der Waals surface area contributed by atoms with Gasteiger partial charge in [-0.25, -0.2) is 48.4 Å². The molecule has 0 saturated carbocycles. The number of ether oxygens (including phenoxy) is 4. The van der Waals surface area contributed by atoms with Crippen molar-refractivity contribution in [1.29, 1.82) is 0 Å². The van der Waals surface area contributed by atoms with Crippen LogP contribution in [0.15, 0.2) is 55.6 Å². The van der Waals surface area contributed by atoms with Crippen molar-refractivity contribution in [3.05, 3.63) is 61.2 Å². The Morgan fingerprint density at radius 1 is 0.896 bits per heavy atom. The van der Waals surface area contributed by atoms with Gasteiger partial charge >= 0.3 is 25.7 Å². The van der Waals surface area contributed by atoms with E-state index in [4.69, 9.17) is 54.6 Å². The van der Waals surface area contributed by atoms with Crippen LogP contribution in [-0.4, -0.2) is 155 Å². The van der Waals surface area contributed by atoms with Crippen molar-refractivity contribution in [2.24, 2.45) is 0 Å². The van der Waals surface area contributed by atoms with E-state index in [-0.39, 0.29) is 47.1 Å². The Bertz CT molecular complexity index is 2760. The Morgan fingerprint density at radius 2 is 1.49 bits per heavy atom. The molecule has 4 aromatic heterocycles. The highest BCUT2D eigenvalue weighted by Gasteiger charge is 2.55. The average Bonchev–Trinajstić information content (AvgIpc) is 4.05. The van der Waals surface area contributed by atoms with Crippen molar-refractivity contribution in [3.63, 3.8) is 0 Å². The number of carbonyl (C=O) groups is 3. The van der Waals surface area contributed by atoms with Crippen molar-refractivity contribution < 1.29 is 65.3 Å². The predicted octanol–water partition coefficient (Wildman–Crippen LogP) is 4.01. The lowest BCUT2D eigenvalue weighted by Gasteiger charge is -2.31. The van der Waals surface area contributed by atoms with E-state index in [1.54, 1.807) is 51.1 Å². The molecule has 360 valence electrons. The molecule has 0 spiro atoms. The molecule has 3 aliphatic rings. The summed E-state index contributed by atoms with van der Waals surface area (Å²) in [5, 5.41) is 2.71. The summed E-state index contributed by atoms with van der Waals surface area (Å²) in [6, 6.07) is 8.36. The lowest BCUT2D eigenvalue weighted by atomic mass is 10.1. The van der Waals surface area contributed by atoms with Gasteiger partial charge in [0, 0.05) is 32.7 Å². The average molecular weight is 1010 g/mol. The largest absolute Gasteiger partial charge is 0.444 e. The molecular formula is C37H45FN12O13P2S2. The van der Waals surface area contributed by atoms with Gasteiger partial charge in [-0.15, -0.1) is 0 Å². The Balaban J connectivity index is 1.09. The summed E-state index contributed by atoms with van der Waals surface area (Å²) in [5.74, 6) is -0.442. The normalized spacial score (nSPS) is 29.0. The topological polar surface area (TPSA) is 294 Å². The van der Waals surface area contributed by atoms with Crippen molar-refractivity contribution in [1.82, 2.24) is 48.8 Å². The van der Waals surface area contributed by atoms with Crippen LogP contribution in [0.25, 0.3) is 22.3 Å². The molecule has 8 rings (SSSR count). The van der Waals surface area contributed by atoms with E-state index in [0.717, 1.165) is 17.6 Å². The van der Waals surface area contributed by atoms with E-state index in [1.807, 2.05) is 0 Å². The van der Waals surface area contributed by atoms with Gasteiger partial charge in [0.05, 0.1) is 25.9 Å². The third kappa shape index (κ3) is 10.7. The minimum absolute atomic E-state index is 0.0221. The Labute approximate surface area is 390 Å². The highest BCUT2D eigenvalue weighted by molar-refractivity contribution is 8.44. The maximum absolute atomic E-state index is 16.5. The summed E-state index contributed by atoms with van der Waals surface area (Å²) in [6.07, 6.45) is -9.47. The van der Waals surface area contributed by atoms with Gasteiger partial charge < -0.3 is 49.2 Å². The van der Waals surface area contributed by atoms with Crippen LogP contribution in [0.1, 0.15) is 43.6 Å². The molecule has 25 nitrogen and oxygen atoms in total. The lowest BCUT2D eigenvalue weighted by Crippen LogP contribution is -2.44. The fourth-order valence-corrected chi connectivity index (χ4v) is 10.1. The molecule has 2 unspecified atom stereocenters. The van der Waals surface area contributed by atoms with Crippen molar-refractivity contribution in [2.75, 3.05) is 51.4 Å². The summed E-state index contributed by atoms with van der Waals surface area (Å²) in [7, 11) is 2.90. The first kappa shape index (κ1) is 48.5. The van der Waals surface area contributed by atoms with E-state index in [0.29, 0.717) is 5.56 Å². The van der Waals surface area contributed by atoms with Gasteiger partial charge in [-0.3, -0.25) is 27.5 Å². The number of nitrogens with zero attached hydrogens (tertiary/aromatic N) is 10. The van der Waals surface area contributed by atoms with Crippen LogP contribution in [0.4, 0.5) is 25.6 Å². The fraction of sp³-hybridized carbons (Fsp3) is 0.486. The van der Waals surface area contributed by atoms with Gasteiger partial charge in [-0.05, 0) is 44.7 Å². The van der Waals surface area contributed by atoms with Crippen molar-refractivity contribution in [3.8, 4) is 0 Å². The Hall–Kier alpha value is -4.99. The number of rotatable bonds is 8. The number of aromatic nitrogens is 8. The number of fused-ring (bicyclic) bond motifs is 4. The second-order valence-corrected chi connectivity index (χ2v) is 22.0. The van der Waals surface area contributed by atoms with Gasteiger partial charge in [-0.2, -0.15) is 0 Å². The van der Waals surface area contributed by atoms with Crippen molar-refractivity contribution in [2.45, 2.75) is 75.5 Å². The number of amides is 3. The second-order valence-electron chi connectivity index (χ2n) is 16.4. The van der Waals surface area contributed by atoms with Gasteiger partial charge in [0.2, 0.25) is 0 Å². The number of hydrogen-bond acceptors (Lipinski definition) is 20. The molecule has 67 heavy (non-hydrogen) atoms. The highest BCUT2D eigenvalue weighted by Crippen LogP contribution is 2.59. The number of benzene rings is 1. The van der Waals surface area contributed by atoms with Gasteiger partial charge in [0.15, 0.2) is 53.2 Å². The molecule has 0 bridgehead atoms. The third-order valence-electron chi connectivity index (χ3n) is 10.5. The molecule has 3 aliphatic heterocycles. The van der Waals surface area contributed by atoms with Gasteiger partial charge in [-0.1, -0.05) is 30.4 Å². The zero-order chi connectivity index (χ0) is 48.0. The first-order valence-electron chi connectivity index (χ1n) is 20.3. The molecule has 0 radical (unpaired) electrons. The molecule has 3 saturated heterocycles. The van der Waals surface area contributed by atoms with Crippen LogP contribution in [-0.2, 0) is 53.4 Å². The predicted molar refractivity (Wildman–Crippen MR) is 239 cm³/mol. The maximum Gasteiger partial charge on any atom is 0.410 e. The molecule has 10 atom stereocenters. The number of anilines is 2. The number of hydrogen-bond donors (Lipinski definition) is 4. The minimum Gasteiger partial charge on any atom is -0.444 e. The van der Waals surface area contributed by atoms with E-state index in [2.05, 4.69) is 47.5 Å². The third-order valence-corrected chi connectivity index (χ3v) is 13.6. The van der Waals surface area contributed by atoms with E-state index in [9.17, 15) is 23.8 Å². The standard InChI is InChI=1S/C37H45FN12O13P2S2/c1-37(2,3)61-36(53)48(5)12-11-47(4)35(52)60-27-26-21(59-34(27)50-18-45-24-29(41-16-43-31(24)50)46-32(51)19-9-7-6-8-10-19)14-57-64(54,66)62-25-20(13-56-65(55,67)63-26)58-33(22(25)38)49-17-44-23-28(39)40-15-42-30(23)49/h6-10,15-18,20-22,25-27,33-34H,11-14H2,1-5H3,(H,54,66)(H,55,67)(H2,39,40,42)(H,41,43,46,51)/t20-,21-,22-,25-,26-,27-,33-,34-,64?,65?/m1/s1. The SMILES string of the molecule is CN(CCN(C)C(=O)OC(C)(C)C)C(=O)O[C@@H]1[C@@H]2OP(O)(=S)OC[C@H]3O[C@@H](n4cnc5c(N)ncnc54)[C@H](F)[C@@H]3OP(=O)(S)OC[C@H]2O[C@H]1n1cnc2c(NC(=O)c3ccccc3)ncnc21. The fourth-order valence-electron chi connectivity index (χ4n) is 7.18. The lowest BCUT2D eigenvalue weighted by molar-refractivity contribution is -0.0580. The second kappa shape index (κ2) is 19.2. The van der Waals surface area contributed by atoms with E-state index < -0.39 is 99.6 Å². The first-order chi connectivity index (χ1) is 31.7. The number of carbonyl (C=O) groups excluding carboxylic acids is 3. The van der Waals surface area contributed by atoms with Crippen LogP contribution in [0.3, 0.4) is 0 Å². The van der Waals surface area contributed by atoms with Crippen LogP contribution >= 0.6 is 25.8 Å². The van der Waals surface area contributed by atoms with Crippen LogP contribution in [0.2, 0.25) is 0 Å². The molecule has 3 amide bonds. The molecule has 7 heterocycles. The maximum atomic E-state index is 16.5. The Kier molecular flexibility index (Phi) is 13.9. The van der Waals surface area contributed by atoms with Crippen LogP contribution in [0, 0.1) is 0 Å². The summed E-state index contributed by atoms with van der Waals surface area (Å²) in [4.78, 5) is 79.0.